The van der Waals surface area contributed by atoms with E-state index in [0.29, 0.717) is 17.9 Å². The molecule has 2 rings (SSSR count). The second kappa shape index (κ2) is 7.68. The van der Waals surface area contributed by atoms with Crippen LogP contribution in [0.3, 0.4) is 0 Å². The Hall–Kier alpha value is -2.41. The zero-order valence-electron chi connectivity index (χ0n) is 17.1. The minimum absolute atomic E-state index is 0.0943. The van der Waals surface area contributed by atoms with Crippen molar-refractivity contribution in [2.45, 2.75) is 52.6 Å². The molecule has 0 radical (unpaired) electrons. The summed E-state index contributed by atoms with van der Waals surface area (Å²) in [6.07, 6.45) is 0. The number of amides is 3. The van der Waals surface area contributed by atoms with Gasteiger partial charge in [-0.3, -0.25) is 19.3 Å². The molecule has 0 bridgehead atoms. The van der Waals surface area contributed by atoms with E-state index in [4.69, 9.17) is 0 Å². The number of quaternary nitrogens is 1. The van der Waals surface area contributed by atoms with Gasteiger partial charge in [-0.25, -0.2) is 0 Å². The van der Waals surface area contributed by atoms with E-state index in [-0.39, 0.29) is 36.3 Å². The van der Waals surface area contributed by atoms with Gasteiger partial charge in [0.05, 0.1) is 17.9 Å². The third kappa shape index (κ3) is 4.86. The van der Waals surface area contributed by atoms with E-state index in [1.165, 1.54) is 0 Å². The van der Waals surface area contributed by atoms with Gasteiger partial charge in [0.1, 0.15) is 5.54 Å². The fourth-order valence-corrected chi connectivity index (χ4v) is 3.19. The zero-order chi connectivity index (χ0) is 20.4. The second-order valence-electron chi connectivity index (χ2n) is 8.51. The molecule has 0 fully saturated rings. The highest BCUT2D eigenvalue weighted by Gasteiger charge is 2.44. The van der Waals surface area contributed by atoms with Gasteiger partial charge in [0, 0.05) is 5.54 Å². The summed E-state index contributed by atoms with van der Waals surface area (Å²) in [5, 5.41) is 5.78. The molecule has 1 heterocycles. The van der Waals surface area contributed by atoms with Crippen LogP contribution in [0.5, 0.6) is 0 Å². The van der Waals surface area contributed by atoms with Gasteiger partial charge < -0.3 is 15.5 Å². The number of anilines is 2. The van der Waals surface area contributed by atoms with Crippen LogP contribution >= 0.6 is 0 Å². The summed E-state index contributed by atoms with van der Waals surface area (Å²) in [6, 6.07) is 7.27. The zero-order valence-corrected chi connectivity index (χ0v) is 17.1. The van der Waals surface area contributed by atoms with Gasteiger partial charge in [-0.1, -0.05) is 12.1 Å². The first-order valence-corrected chi connectivity index (χ1v) is 9.34. The minimum atomic E-state index is -1.00. The Kier molecular flexibility index (Phi) is 5.94. The number of carbonyl (C=O) groups is 3. The molecule has 1 atom stereocenters. The lowest BCUT2D eigenvalue weighted by atomic mass is 9.96. The summed E-state index contributed by atoms with van der Waals surface area (Å²) < 4.78 is 0. The number of rotatable bonds is 5. The summed E-state index contributed by atoms with van der Waals surface area (Å²) in [5.41, 5.74) is -0.00976. The first kappa shape index (κ1) is 20.9. The van der Waals surface area contributed by atoms with Crippen LogP contribution in [0.1, 0.15) is 41.5 Å². The lowest BCUT2D eigenvalue weighted by molar-refractivity contribution is -0.881. The largest absolute Gasteiger partial charge is 0.347 e. The van der Waals surface area contributed by atoms with E-state index >= 15 is 0 Å². The van der Waals surface area contributed by atoms with Crippen molar-refractivity contribution in [3.8, 4) is 0 Å². The Morgan fingerprint density at radius 2 is 1.81 bits per heavy atom. The van der Waals surface area contributed by atoms with Crippen molar-refractivity contribution in [3.63, 3.8) is 0 Å². The first-order chi connectivity index (χ1) is 12.5. The van der Waals surface area contributed by atoms with E-state index in [0.717, 1.165) is 4.90 Å². The maximum absolute atomic E-state index is 13.2. The Morgan fingerprint density at radius 1 is 1.19 bits per heavy atom. The lowest BCUT2D eigenvalue weighted by Crippen LogP contribution is -3.14. The normalized spacial score (nSPS) is 17.0. The highest BCUT2D eigenvalue weighted by molar-refractivity contribution is 6.14. The molecular formula is C20H31N4O3+. The number of nitrogens with one attached hydrogen (secondary N) is 3. The Labute approximate surface area is 161 Å². The van der Waals surface area contributed by atoms with Gasteiger partial charge >= 0.3 is 0 Å². The molecule has 3 amide bonds. The number of benzene rings is 1. The summed E-state index contributed by atoms with van der Waals surface area (Å²) in [5.74, 6) is -0.496. The maximum Gasteiger partial charge on any atom is 0.283 e. The van der Waals surface area contributed by atoms with Crippen LogP contribution in [0, 0.1) is 0 Å². The highest BCUT2D eigenvalue weighted by atomic mass is 16.2. The number of nitrogens with zero attached hydrogens (tertiary/aromatic N) is 1. The summed E-state index contributed by atoms with van der Waals surface area (Å²) >= 11 is 0. The van der Waals surface area contributed by atoms with Crippen molar-refractivity contribution in [1.82, 2.24) is 5.32 Å². The van der Waals surface area contributed by atoms with Crippen LogP contribution in [0.4, 0.5) is 11.4 Å². The molecule has 1 aromatic rings. The fourth-order valence-electron chi connectivity index (χ4n) is 3.19. The van der Waals surface area contributed by atoms with Crippen LogP contribution in [-0.2, 0) is 14.4 Å². The number of hydrogen-bond acceptors (Lipinski definition) is 3. The lowest BCUT2D eigenvalue weighted by Gasteiger charge is -2.42. The Morgan fingerprint density at radius 3 is 2.41 bits per heavy atom. The molecule has 7 heteroatoms. The number of carbonyl (C=O) groups excluding carboxylic acids is 3. The molecule has 1 unspecified atom stereocenters. The number of hydrogen-bond donors (Lipinski definition) is 3. The minimum Gasteiger partial charge on any atom is -0.347 e. The SMILES string of the molecule is CC[NH+](CC(=O)NC(C)(C)C)CC(=O)N1c2ccccc2NC(=O)C1(C)C. The molecule has 0 aliphatic carbocycles. The van der Waals surface area contributed by atoms with E-state index < -0.39 is 5.54 Å². The van der Waals surface area contributed by atoms with E-state index in [1.807, 2.05) is 45.9 Å². The molecule has 1 aliphatic rings. The third-order valence-corrected chi connectivity index (χ3v) is 4.58. The number of likely N-dealkylation sites (N-methyl/N-ethyl adjacent to an activating group) is 1. The fraction of sp³-hybridized carbons (Fsp3) is 0.550. The molecule has 0 saturated carbocycles. The van der Waals surface area contributed by atoms with Crippen LogP contribution in [0.2, 0.25) is 0 Å². The molecule has 148 valence electrons. The van der Waals surface area contributed by atoms with Crippen LogP contribution in [0.15, 0.2) is 24.3 Å². The van der Waals surface area contributed by atoms with Crippen LogP contribution in [-0.4, -0.2) is 48.4 Å². The van der Waals surface area contributed by atoms with Gasteiger partial charge in [-0.05, 0) is 53.7 Å². The molecule has 1 aliphatic heterocycles. The van der Waals surface area contributed by atoms with Crippen molar-refractivity contribution in [3.05, 3.63) is 24.3 Å². The monoisotopic (exact) mass is 375 g/mol. The average Bonchev–Trinajstić information content (AvgIpc) is 2.53. The predicted molar refractivity (Wildman–Crippen MR) is 106 cm³/mol. The summed E-state index contributed by atoms with van der Waals surface area (Å²) in [6.45, 7) is 12.2. The van der Waals surface area contributed by atoms with E-state index in [2.05, 4.69) is 10.6 Å². The molecule has 0 aromatic heterocycles. The van der Waals surface area contributed by atoms with Crippen molar-refractivity contribution in [1.29, 1.82) is 0 Å². The first-order valence-electron chi connectivity index (χ1n) is 9.34. The second-order valence-corrected chi connectivity index (χ2v) is 8.51. The molecule has 3 N–H and O–H groups in total. The van der Waals surface area contributed by atoms with Gasteiger partial charge in [0.25, 0.3) is 11.8 Å². The molecule has 27 heavy (non-hydrogen) atoms. The van der Waals surface area contributed by atoms with Crippen molar-refractivity contribution < 1.29 is 19.3 Å². The number of para-hydroxylation sites is 2. The average molecular weight is 375 g/mol. The van der Waals surface area contributed by atoms with Gasteiger partial charge in [0.2, 0.25) is 5.91 Å². The maximum atomic E-state index is 13.2. The van der Waals surface area contributed by atoms with Gasteiger partial charge in [0.15, 0.2) is 13.1 Å². The van der Waals surface area contributed by atoms with Gasteiger partial charge in [-0.2, -0.15) is 0 Å². The summed E-state index contributed by atoms with van der Waals surface area (Å²) in [4.78, 5) is 40.3. The van der Waals surface area contributed by atoms with Crippen molar-refractivity contribution in [2.24, 2.45) is 0 Å². The van der Waals surface area contributed by atoms with Crippen molar-refractivity contribution >= 4 is 29.1 Å². The molecule has 1 aromatic carbocycles. The third-order valence-electron chi connectivity index (χ3n) is 4.58. The molecule has 0 spiro atoms. The topological polar surface area (TPSA) is 82.9 Å². The quantitative estimate of drug-likeness (QED) is 0.704. The summed E-state index contributed by atoms with van der Waals surface area (Å²) in [7, 11) is 0. The van der Waals surface area contributed by atoms with E-state index in [9.17, 15) is 14.4 Å². The standard InChI is InChI=1S/C20H30N4O3/c1-7-23(12-16(25)22-19(2,3)4)13-17(26)24-15-11-9-8-10-14(15)21-18(27)20(24,5)6/h8-11H,7,12-13H2,1-6H3,(H,21,27)(H,22,25)/p+1. The molecule has 7 nitrogen and oxygen atoms in total. The van der Waals surface area contributed by atoms with Crippen molar-refractivity contribution in [2.75, 3.05) is 29.9 Å². The van der Waals surface area contributed by atoms with Gasteiger partial charge in [-0.15, -0.1) is 0 Å². The Bertz CT molecular complexity index is 737. The Balaban J connectivity index is 2.20. The predicted octanol–water partition coefficient (Wildman–Crippen LogP) is 0.570. The van der Waals surface area contributed by atoms with Crippen LogP contribution in [0.25, 0.3) is 0 Å². The highest BCUT2D eigenvalue weighted by Crippen LogP contribution is 2.36. The van der Waals surface area contributed by atoms with E-state index in [1.54, 1.807) is 24.8 Å². The molecular weight excluding hydrogens is 344 g/mol. The number of fused-ring (bicyclic) bond motifs is 1. The van der Waals surface area contributed by atoms with Crippen LogP contribution < -0.4 is 20.4 Å². The molecule has 0 saturated heterocycles. The smallest absolute Gasteiger partial charge is 0.283 e.